The van der Waals surface area contributed by atoms with Crippen LogP contribution in [0.2, 0.25) is 0 Å². The van der Waals surface area contributed by atoms with E-state index in [0.29, 0.717) is 18.2 Å². The molecule has 1 rings (SSSR count). The first-order chi connectivity index (χ1) is 9.23. The van der Waals surface area contributed by atoms with Gasteiger partial charge in [-0.1, -0.05) is 6.07 Å². The van der Waals surface area contributed by atoms with E-state index in [1.165, 1.54) is 0 Å². The van der Waals surface area contributed by atoms with Gasteiger partial charge in [-0.05, 0) is 38.5 Å². The Morgan fingerprint density at radius 3 is 2.33 bits per heavy atom. The lowest BCUT2D eigenvalue weighted by atomic mass is 10.1. The highest BCUT2D eigenvalue weighted by Gasteiger charge is 2.12. The van der Waals surface area contributed by atoms with Gasteiger partial charge in [-0.15, -0.1) is 24.0 Å². The molecule has 6 heteroatoms. The predicted molar refractivity (Wildman–Crippen MR) is 99.2 cm³/mol. The summed E-state index contributed by atoms with van der Waals surface area (Å²) in [5.41, 5.74) is 1.40. The molecule has 1 aromatic rings. The van der Waals surface area contributed by atoms with Gasteiger partial charge in [0.05, 0.1) is 5.69 Å². The number of nitrogens with zero attached hydrogens (tertiary/aromatic N) is 2. The Labute approximate surface area is 144 Å². The Hall–Kier alpha value is -1.05. The number of aliphatic imine (C=N–C) groups is 1. The summed E-state index contributed by atoms with van der Waals surface area (Å²) in [7, 11) is 5.37. The Kier molecular flexibility index (Phi) is 7.99. The van der Waals surface area contributed by atoms with Crippen molar-refractivity contribution in [1.29, 1.82) is 0 Å². The fraction of sp³-hybridized carbons (Fsp3) is 0.533. The van der Waals surface area contributed by atoms with Crippen LogP contribution in [0, 0.1) is 5.82 Å². The van der Waals surface area contributed by atoms with Gasteiger partial charge in [0, 0.05) is 33.2 Å². The van der Waals surface area contributed by atoms with Crippen molar-refractivity contribution in [1.82, 2.24) is 10.6 Å². The Bertz CT molecular complexity index is 481. The highest BCUT2D eigenvalue weighted by atomic mass is 127. The summed E-state index contributed by atoms with van der Waals surface area (Å²) in [5, 5.41) is 6.43. The maximum absolute atomic E-state index is 13.9. The zero-order valence-electron chi connectivity index (χ0n) is 13.6. The Morgan fingerprint density at radius 2 is 1.90 bits per heavy atom. The molecule has 0 amide bonds. The van der Waals surface area contributed by atoms with Crippen LogP contribution >= 0.6 is 24.0 Å². The van der Waals surface area contributed by atoms with Gasteiger partial charge in [-0.2, -0.15) is 0 Å². The average molecular weight is 408 g/mol. The summed E-state index contributed by atoms with van der Waals surface area (Å²) in [6.07, 6.45) is 0. The van der Waals surface area contributed by atoms with Crippen molar-refractivity contribution in [2.75, 3.05) is 26.0 Å². The van der Waals surface area contributed by atoms with Crippen molar-refractivity contribution < 1.29 is 4.39 Å². The molecule has 0 unspecified atom stereocenters. The second kappa shape index (κ2) is 8.41. The van der Waals surface area contributed by atoms with E-state index in [2.05, 4.69) is 36.4 Å². The zero-order chi connectivity index (χ0) is 15.3. The van der Waals surface area contributed by atoms with Crippen molar-refractivity contribution in [2.45, 2.75) is 32.9 Å². The molecule has 0 saturated heterocycles. The molecular weight excluding hydrogens is 382 g/mol. The van der Waals surface area contributed by atoms with Crippen molar-refractivity contribution in [2.24, 2.45) is 4.99 Å². The fourth-order valence-corrected chi connectivity index (χ4v) is 1.74. The zero-order valence-corrected chi connectivity index (χ0v) is 16.0. The Morgan fingerprint density at radius 1 is 1.29 bits per heavy atom. The second-order valence-corrected chi connectivity index (χ2v) is 5.98. The third kappa shape index (κ3) is 6.97. The molecule has 0 atom stereocenters. The number of hydrogen-bond acceptors (Lipinski definition) is 2. The summed E-state index contributed by atoms with van der Waals surface area (Å²) in [6.45, 7) is 6.71. The van der Waals surface area contributed by atoms with E-state index in [4.69, 9.17) is 0 Å². The van der Waals surface area contributed by atoms with Crippen molar-refractivity contribution >= 4 is 35.6 Å². The van der Waals surface area contributed by atoms with Crippen molar-refractivity contribution in [3.63, 3.8) is 0 Å². The average Bonchev–Trinajstić information content (AvgIpc) is 2.32. The number of guanidine groups is 1. The highest BCUT2D eigenvalue weighted by Crippen LogP contribution is 2.18. The SMILES string of the molecule is CN=C(NCc1ccc(N(C)C)c(F)c1)NC(C)(C)C.I. The summed E-state index contributed by atoms with van der Waals surface area (Å²) in [5.74, 6) is 0.489. The van der Waals surface area contributed by atoms with E-state index in [1.807, 2.05) is 20.2 Å². The van der Waals surface area contributed by atoms with E-state index in [-0.39, 0.29) is 35.3 Å². The molecule has 0 heterocycles. The topological polar surface area (TPSA) is 39.7 Å². The van der Waals surface area contributed by atoms with Gasteiger partial charge in [-0.25, -0.2) is 4.39 Å². The lowest BCUT2D eigenvalue weighted by molar-refractivity contribution is 0.501. The minimum absolute atomic E-state index is 0. The largest absolute Gasteiger partial charge is 0.375 e. The number of nitrogens with one attached hydrogen (secondary N) is 2. The van der Waals surface area contributed by atoms with Crippen LogP contribution in [-0.4, -0.2) is 32.6 Å². The maximum Gasteiger partial charge on any atom is 0.191 e. The fourth-order valence-electron chi connectivity index (χ4n) is 1.74. The number of halogens is 2. The summed E-state index contributed by atoms with van der Waals surface area (Å²) < 4.78 is 13.9. The van der Waals surface area contributed by atoms with Crippen LogP contribution in [0.3, 0.4) is 0 Å². The quantitative estimate of drug-likeness (QED) is 0.459. The molecule has 0 aliphatic carbocycles. The van der Waals surface area contributed by atoms with E-state index in [0.717, 1.165) is 5.56 Å². The molecule has 0 saturated carbocycles. The smallest absolute Gasteiger partial charge is 0.191 e. The standard InChI is InChI=1S/C15H25FN4.HI/c1-15(2,3)19-14(17-4)18-10-11-7-8-13(20(5)6)12(16)9-11;/h7-9H,10H2,1-6H3,(H2,17,18,19);1H. The van der Waals surface area contributed by atoms with Crippen molar-refractivity contribution in [3.8, 4) is 0 Å². The predicted octanol–water partition coefficient (Wildman–Crippen LogP) is 2.97. The van der Waals surface area contributed by atoms with Gasteiger partial charge in [0.1, 0.15) is 5.82 Å². The molecule has 120 valence electrons. The first-order valence-corrected chi connectivity index (χ1v) is 6.67. The minimum atomic E-state index is -0.215. The summed E-state index contributed by atoms with van der Waals surface area (Å²) in [4.78, 5) is 5.91. The minimum Gasteiger partial charge on any atom is -0.375 e. The van der Waals surface area contributed by atoms with Gasteiger partial charge in [0.15, 0.2) is 5.96 Å². The lowest BCUT2D eigenvalue weighted by Gasteiger charge is -2.24. The normalized spacial score (nSPS) is 11.7. The third-order valence-corrected chi connectivity index (χ3v) is 2.67. The first-order valence-electron chi connectivity index (χ1n) is 6.67. The van der Waals surface area contributed by atoms with Gasteiger partial charge < -0.3 is 15.5 Å². The molecule has 0 fully saturated rings. The summed E-state index contributed by atoms with van der Waals surface area (Å²) in [6, 6.07) is 5.24. The van der Waals surface area contributed by atoms with Gasteiger partial charge in [0.25, 0.3) is 0 Å². The van der Waals surface area contributed by atoms with Crippen molar-refractivity contribution in [3.05, 3.63) is 29.6 Å². The third-order valence-electron chi connectivity index (χ3n) is 2.67. The number of hydrogen-bond donors (Lipinski definition) is 2. The maximum atomic E-state index is 13.9. The molecule has 0 radical (unpaired) electrons. The van der Waals surface area contributed by atoms with E-state index in [9.17, 15) is 4.39 Å². The van der Waals surface area contributed by atoms with Crippen LogP contribution < -0.4 is 15.5 Å². The Balaban J connectivity index is 0.00000400. The molecule has 0 bridgehead atoms. The van der Waals surface area contributed by atoms with Crippen LogP contribution in [0.25, 0.3) is 0 Å². The first kappa shape index (κ1) is 19.9. The van der Waals surface area contributed by atoms with Gasteiger partial charge in [0.2, 0.25) is 0 Å². The van der Waals surface area contributed by atoms with Crippen LogP contribution in [0.4, 0.5) is 10.1 Å². The van der Waals surface area contributed by atoms with Crippen LogP contribution in [0.1, 0.15) is 26.3 Å². The molecule has 0 aliphatic heterocycles. The molecule has 0 aliphatic rings. The molecule has 0 aromatic heterocycles. The van der Waals surface area contributed by atoms with E-state index >= 15 is 0 Å². The summed E-state index contributed by atoms with van der Waals surface area (Å²) >= 11 is 0. The number of benzene rings is 1. The monoisotopic (exact) mass is 408 g/mol. The molecule has 21 heavy (non-hydrogen) atoms. The molecule has 2 N–H and O–H groups in total. The van der Waals surface area contributed by atoms with Gasteiger partial charge >= 0.3 is 0 Å². The van der Waals surface area contributed by atoms with E-state index < -0.39 is 0 Å². The molecular formula is C15H26FIN4. The molecule has 0 spiro atoms. The van der Waals surface area contributed by atoms with Crippen LogP contribution in [-0.2, 0) is 6.54 Å². The van der Waals surface area contributed by atoms with Gasteiger partial charge in [-0.3, -0.25) is 4.99 Å². The number of rotatable bonds is 3. The number of anilines is 1. The molecule has 4 nitrogen and oxygen atoms in total. The van der Waals surface area contributed by atoms with Crippen LogP contribution in [0.5, 0.6) is 0 Å². The van der Waals surface area contributed by atoms with E-state index in [1.54, 1.807) is 24.1 Å². The van der Waals surface area contributed by atoms with Crippen LogP contribution in [0.15, 0.2) is 23.2 Å². The lowest BCUT2D eigenvalue weighted by Crippen LogP contribution is -2.47. The molecule has 1 aromatic carbocycles. The highest BCUT2D eigenvalue weighted by molar-refractivity contribution is 14.0. The second-order valence-electron chi connectivity index (χ2n) is 5.98.